The number of carbonyl (C=O) groups excluding carboxylic acids is 1. The van der Waals surface area contributed by atoms with Crippen LogP contribution in [0, 0.1) is 5.82 Å². The van der Waals surface area contributed by atoms with Crippen molar-refractivity contribution in [3.63, 3.8) is 0 Å². The largest absolute Gasteiger partial charge is 0.457 e. The molecule has 1 aromatic heterocycles. The first-order valence-corrected chi connectivity index (χ1v) is 7.37. The number of tetrazole rings is 1. The summed E-state index contributed by atoms with van der Waals surface area (Å²) in [6.07, 6.45) is 1.45. The molecular formula is C15H10BrFN4O2. The second-order valence-corrected chi connectivity index (χ2v) is 5.53. The van der Waals surface area contributed by atoms with Crippen molar-refractivity contribution in [2.24, 2.45) is 0 Å². The fourth-order valence-electron chi connectivity index (χ4n) is 1.90. The highest BCUT2D eigenvalue weighted by Gasteiger charge is 2.10. The molecule has 3 aromatic rings. The molecule has 0 amide bonds. The summed E-state index contributed by atoms with van der Waals surface area (Å²) in [7, 11) is 0. The Hall–Kier alpha value is -2.61. The van der Waals surface area contributed by atoms with E-state index in [2.05, 4.69) is 31.5 Å². The van der Waals surface area contributed by atoms with Crippen molar-refractivity contribution in [1.29, 1.82) is 0 Å². The molecule has 0 spiro atoms. The van der Waals surface area contributed by atoms with Crippen LogP contribution in [0.15, 0.2) is 53.3 Å². The topological polar surface area (TPSA) is 69.9 Å². The number of nitrogens with zero attached hydrogens (tertiary/aromatic N) is 4. The number of ether oxygens (including phenoxy) is 1. The second kappa shape index (κ2) is 6.66. The Kier molecular flexibility index (Phi) is 4.42. The van der Waals surface area contributed by atoms with Gasteiger partial charge in [-0.25, -0.2) is 13.9 Å². The van der Waals surface area contributed by atoms with Gasteiger partial charge in [-0.3, -0.25) is 0 Å². The van der Waals surface area contributed by atoms with E-state index in [1.165, 1.54) is 17.1 Å². The third-order valence-corrected chi connectivity index (χ3v) is 3.58. The first-order valence-electron chi connectivity index (χ1n) is 6.58. The first kappa shape index (κ1) is 15.3. The van der Waals surface area contributed by atoms with Crippen LogP contribution in [0.25, 0.3) is 5.69 Å². The maximum absolute atomic E-state index is 13.7. The van der Waals surface area contributed by atoms with Gasteiger partial charge in [-0.15, -0.1) is 5.10 Å². The summed E-state index contributed by atoms with van der Waals surface area (Å²) in [5, 5.41) is 10.8. The van der Waals surface area contributed by atoms with Gasteiger partial charge < -0.3 is 4.74 Å². The van der Waals surface area contributed by atoms with Crippen LogP contribution < -0.4 is 0 Å². The minimum absolute atomic E-state index is 0.132. The van der Waals surface area contributed by atoms with Gasteiger partial charge in [-0.05, 0) is 46.8 Å². The monoisotopic (exact) mass is 376 g/mol. The van der Waals surface area contributed by atoms with E-state index in [9.17, 15) is 9.18 Å². The standard InChI is InChI=1S/C15H10BrFN4O2/c16-12-4-1-11(14(17)7-12)8-23-15(22)10-2-5-13(6-3-10)21-9-18-19-20-21/h1-7,9H,8H2. The highest BCUT2D eigenvalue weighted by atomic mass is 79.9. The summed E-state index contributed by atoms with van der Waals surface area (Å²) in [5.74, 6) is -0.961. The molecule has 23 heavy (non-hydrogen) atoms. The Morgan fingerprint density at radius 2 is 2.00 bits per heavy atom. The van der Waals surface area contributed by atoms with Gasteiger partial charge in [0.2, 0.25) is 0 Å². The number of hydrogen-bond acceptors (Lipinski definition) is 5. The smallest absolute Gasteiger partial charge is 0.338 e. The molecule has 0 bridgehead atoms. The predicted molar refractivity (Wildman–Crippen MR) is 82.4 cm³/mol. The zero-order chi connectivity index (χ0) is 16.2. The maximum atomic E-state index is 13.7. The van der Waals surface area contributed by atoms with Crippen molar-refractivity contribution >= 4 is 21.9 Å². The lowest BCUT2D eigenvalue weighted by Crippen LogP contribution is -2.06. The molecule has 2 aromatic carbocycles. The van der Waals surface area contributed by atoms with Crippen molar-refractivity contribution in [2.45, 2.75) is 6.61 Å². The predicted octanol–water partition coefficient (Wildman–Crippen LogP) is 2.92. The molecule has 0 N–H and O–H groups in total. The molecule has 0 saturated carbocycles. The molecule has 8 heteroatoms. The van der Waals surface area contributed by atoms with Crippen LogP contribution in [-0.4, -0.2) is 26.2 Å². The van der Waals surface area contributed by atoms with Crippen molar-refractivity contribution < 1.29 is 13.9 Å². The molecule has 116 valence electrons. The number of aromatic nitrogens is 4. The highest BCUT2D eigenvalue weighted by Crippen LogP contribution is 2.17. The summed E-state index contributed by atoms with van der Waals surface area (Å²) in [4.78, 5) is 12.0. The van der Waals surface area contributed by atoms with E-state index in [1.807, 2.05) is 0 Å². The SMILES string of the molecule is O=C(OCc1ccc(Br)cc1F)c1ccc(-n2cnnn2)cc1. The van der Waals surface area contributed by atoms with Crippen molar-refractivity contribution in [1.82, 2.24) is 20.2 Å². The minimum atomic E-state index is -0.532. The van der Waals surface area contributed by atoms with Crippen LogP contribution in [0.4, 0.5) is 4.39 Å². The zero-order valence-electron chi connectivity index (χ0n) is 11.7. The third kappa shape index (κ3) is 3.59. The summed E-state index contributed by atoms with van der Waals surface area (Å²) in [5.41, 5.74) is 1.39. The van der Waals surface area contributed by atoms with Crippen molar-refractivity contribution in [3.05, 3.63) is 70.2 Å². The van der Waals surface area contributed by atoms with Crippen LogP contribution >= 0.6 is 15.9 Å². The van der Waals surface area contributed by atoms with E-state index in [1.54, 1.807) is 36.4 Å². The summed E-state index contributed by atoms with van der Waals surface area (Å²) >= 11 is 3.17. The van der Waals surface area contributed by atoms with Gasteiger partial charge in [0.15, 0.2) is 0 Å². The Balaban J connectivity index is 1.66. The molecule has 3 rings (SSSR count). The van der Waals surface area contributed by atoms with E-state index in [0.717, 1.165) is 0 Å². The molecule has 0 fully saturated rings. The molecule has 0 unspecified atom stereocenters. The molecule has 0 aliphatic heterocycles. The van der Waals surface area contributed by atoms with Gasteiger partial charge in [-0.2, -0.15) is 0 Å². The molecule has 0 aliphatic carbocycles. The normalized spacial score (nSPS) is 10.5. The Bertz CT molecular complexity index is 822. The number of rotatable bonds is 4. The highest BCUT2D eigenvalue weighted by molar-refractivity contribution is 9.10. The number of halogens is 2. The van der Waals surface area contributed by atoms with Crippen LogP contribution in [-0.2, 0) is 11.3 Å². The Morgan fingerprint density at radius 3 is 2.65 bits per heavy atom. The van der Waals surface area contributed by atoms with E-state index >= 15 is 0 Å². The van der Waals surface area contributed by atoms with Crippen molar-refractivity contribution in [2.75, 3.05) is 0 Å². The molecule has 1 heterocycles. The Labute approximate surface area is 139 Å². The van der Waals surface area contributed by atoms with Gasteiger partial charge in [0.1, 0.15) is 18.8 Å². The molecule has 0 atom stereocenters. The summed E-state index contributed by atoms with van der Waals surface area (Å²) < 4.78 is 20.9. The van der Waals surface area contributed by atoms with E-state index < -0.39 is 11.8 Å². The molecule has 0 saturated heterocycles. The quantitative estimate of drug-likeness (QED) is 0.654. The van der Waals surface area contributed by atoms with Crippen LogP contribution in [0.1, 0.15) is 15.9 Å². The lowest BCUT2D eigenvalue weighted by atomic mass is 10.2. The summed E-state index contributed by atoms with van der Waals surface area (Å²) in [6, 6.07) is 11.1. The van der Waals surface area contributed by atoms with Gasteiger partial charge in [0.05, 0.1) is 11.3 Å². The zero-order valence-corrected chi connectivity index (χ0v) is 13.3. The van der Waals surface area contributed by atoms with Gasteiger partial charge >= 0.3 is 5.97 Å². The third-order valence-electron chi connectivity index (χ3n) is 3.09. The van der Waals surface area contributed by atoms with Gasteiger partial charge in [-0.1, -0.05) is 22.0 Å². The average Bonchev–Trinajstić information content (AvgIpc) is 3.08. The van der Waals surface area contributed by atoms with E-state index in [-0.39, 0.29) is 6.61 Å². The van der Waals surface area contributed by atoms with E-state index in [4.69, 9.17) is 4.74 Å². The Morgan fingerprint density at radius 1 is 1.22 bits per heavy atom. The van der Waals surface area contributed by atoms with Crippen molar-refractivity contribution in [3.8, 4) is 5.69 Å². The lowest BCUT2D eigenvalue weighted by molar-refractivity contribution is 0.0469. The number of benzene rings is 2. The molecule has 0 radical (unpaired) electrons. The average molecular weight is 377 g/mol. The van der Waals surface area contributed by atoms with Crippen LogP contribution in [0.3, 0.4) is 0 Å². The maximum Gasteiger partial charge on any atom is 0.338 e. The number of esters is 1. The molecule has 0 aliphatic rings. The molecular weight excluding hydrogens is 367 g/mol. The minimum Gasteiger partial charge on any atom is -0.457 e. The lowest BCUT2D eigenvalue weighted by Gasteiger charge is -2.07. The number of hydrogen-bond donors (Lipinski definition) is 0. The van der Waals surface area contributed by atoms with Gasteiger partial charge in [0, 0.05) is 10.0 Å². The van der Waals surface area contributed by atoms with Gasteiger partial charge in [0.25, 0.3) is 0 Å². The van der Waals surface area contributed by atoms with E-state index in [0.29, 0.717) is 21.3 Å². The summed E-state index contributed by atoms with van der Waals surface area (Å²) in [6.45, 7) is -0.132. The molecule has 6 nitrogen and oxygen atoms in total. The second-order valence-electron chi connectivity index (χ2n) is 4.61. The van der Waals surface area contributed by atoms with Crippen LogP contribution in [0.5, 0.6) is 0 Å². The van der Waals surface area contributed by atoms with Crippen LogP contribution in [0.2, 0.25) is 0 Å². The number of carbonyl (C=O) groups is 1. The fraction of sp³-hybridized carbons (Fsp3) is 0.0667. The first-order chi connectivity index (χ1) is 11.1. The fourth-order valence-corrected chi connectivity index (χ4v) is 2.23.